The molecule has 0 aromatic heterocycles. The van der Waals surface area contributed by atoms with Crippen LogP contribution in [-0.2, 0) is 9.53 Å². The highest BCUT2D eigenvalue weighted by Crippen LogP contribution is 1.99. The van der Waals surface area contributed by atoms with Crippen LogP contribution in [0, 0.1) is 0 Å². The highest BCUT2D eigenvalue weighted by molar-refractivity contribution is 5.76. The van der Waals surface area contributed by atoms with Crippen molar-refractivity contribution < 1.29 is 9.53 Å². The van der Waals surface area contributed by atoms with Crippen LogP contribution in [0.25, 0.3) is 0 Å². The molecule has 0 aliphatic heterocycles. The van der Waals surface area contributed by atoms with Crippen LogP contribution in [0.2, 0.25) is 0 Å². The molecule has 1 amide bonds. The predicted molar refractivity (Wildman–Crippen MR) is 66.3 cm³/mol. The predicted octanol–water partition coefficient (Wildman–Crippen LogP) is 1.39. The van der Waals surface area contributed by atoms with Gasteiger partial charge < -0.3 is 15.4 Å². The van der Waals surface area contributed by atoms with Gasteiger partial charge in [-0.2, -0.15) is 0 Å². The first-order valence-electron chi connectivity index (χ1n) is 6.31. The van der Waals surface area contributed by atoms with E-state index >= 15 is 0 Å². The number of nitrogens with two attached hydrogens (primary N) is 1. The van der Waals surface area contributed by atoms with E-state index in [4.69, 9.17) is 10.5 Å². The minimum absolute atomic E-state index is 0.186. The number of ether oxygens (including phenoxy) is 1. The van der Waals surface area contributed by atoms with E-state index in [1.165, 1.54) is 0 Å². The fourth-order valence-corrected chi connectivity index (χ4v) is 1.48. The lowest BCUT2D eigenvalue weighted by molar-refractivity contribution is -0.132. The van der Waals surface area contributed by atoms with Gasteiger partial charge >= 0.3 is 0 Å². The van der Waals surface area contributed by atoms with Gasteiger partial charge in [-0.3, -0.25) is 4.79 Å². The molecule has 4 nitrogen and oxygen atoms in total. The quantitative estimate of drug-likeness (QED) is 0.577. The molecule has 0 fully saturated rings. The van der Waals surface area contributed by atoms with Gasteiger partial charge in [-0.1, -0.05) is 13.8 Å². The third kappa shape index (κ3) is 7.65. The fourth-order valence-electron chi connectivity index (χ4n) is 1.48. The van der Waals surface area contributed by atoms with Crippen molar-refractivity contribution in [3.8, 4) is 0 Å². The summed E-state index contributed by atoms with van der Waals surface area (Å²) in [6.07, 6.45) is 3.36. The summed E-state index contributed by atoms with van der Waals surface area (Å²) in [5.41, 5.74) is 5.45. The Labute approximate surface area is 99.1 Å². The number of nitrogens with zero attached hydrogens (tertiary/aromatic N) is 1. The minimum Gasteiger partial charge on any atom is -0.381 e. The Morgan fingerprint density at radius 1 is 1.19 bits per heavy atom. The zero-order chi connectivity index (χ0) is 12.2. The van der Waals surface area contributed by atoms with Crippen molar-refractivity contribution in [2.75, 3.05) is 32.8 Å². The van der Waals surface area contributed by atoms with Crippen LogP contribution in [0.4, 0.5) is 0 Å². The number of carbonyl (C=O) groups excluding carboxylic acids is 1. The molecule has 0 saturated heterocycles. The molecule has 0 rings (SSSR count). The lowest BCUT2D eigenvalue weighted by Gasteiger charge is -2.21. The molecule has 0 bridgehead atoms. The summed E-state index contributed by atoms with van der Waals surface area (Å²) in [6, 6.07) is 0. The standard InChI is InChI=1S/C12H26N2O2/c1-3-8-14(9-5-7-13)12(15)6-11-16-10-4-2/h3-11,13H2,1-2H3. The first-order valence-corrected chi connectivity index (χ1v) is 6.31. The third-order valence-corrected chi connectivity index (χ3v) is 2.29. The molecule has 0 atom stereocenters. The summed E-state index contributed by atoms with van der Waals surface area (Å²) >= 11 is 0. The molecule has 0 aromatic carbocycles. The molecular formula is C12H26N2O2. The smallest absolute Gasteiger partial charge is 0.224 e. The van der Waals surface area contributed by atoms with Gasteiger partial charge in [0.05, 0.1) is 13.0 Å². The van der Waals surface area contributed by atoms with Gasteiger partial charge in [-0.15, -0.1) is 0 Å². The normalized spacial score (nSPS) is 10.4. The second-order valence-electron chi connectivity index (χ2n) is 3.89. The molecule has 0 spiro atoms. The number of carbonyl (C=O) groups is 1. The van der Waals surface area contributed by atoms with Crippen LogP contribution in [0.3, 0.4) is 0 Å². The maximum atomic E-state index is 11.8. The Hall–Kier alpha value is -0.610. The SMILES string of the molecule is CCCOCCC(=O)N(CCC)CCCN. The molecule has 96 valence electrons. The second kappa shape index (κ2) is 10.9. The summed E-state index contributed by atoms with van der Waals surface area (Å²) in [4.78, 5) is 13.7. The molecule has 0 saturated carbocycles. The Balaban J connectivity index is 3.77. The summed E-state index contributed by atoms with van der Waals surface area (Å²) in [7, 11) is 0. The van der Waals surface area contributed by atoms with Gasteiger partial charge in [-0.25, -0.2) is 0 Å². The van der Waals surface area contributed by atoms with E-state index in [2.05, 4.69) is 13.8 Å². The van der Waals surface area contributed by atoms with E-state index in [0.717, 1.165) is 39.0 Å². The summed E-state index contributed by atoms with van der Waals surface area (Å²) in [5, 5.41) is 0. The van der Waals surface area contributed by atoms with E-state index in [1.54, 1.807) is 0 Å². The number of amides is 1. The van der Waals surface area contributed by atoms with Gasteiger partial charge in [-0.05, 0) is 25.8 Å². The molecule has 4 heteroatoms. The molecule has 0 unspecified atom stereocenters. The Morgan fingerprint density at radius 3 is 2.50 bits per heavy atom. The third-order valence-electron chi connectivity index (χ3n) is 2.29. The van der Waals surface area contributed by atoms with Gasteiger partial charge in [0.15, 0.2) is 0 Å². The first kappa shape index (κ1) is 15.4. The zero-order valence-electron chi connectivity index (χ0n) is 10.7. The highest BCUT2D eigenvalue weighted by atomic mass is 16.5. The van der Waals surface area contributed by atoms with Crippen molar-refractivity contribution in [1.82, 2.24) is 4.90 Å². The molecular weight excluding hydrogens is 204 g/mol. The van der Waals surface area contributed by atoms with E-state index in [1.807, 2.05) is 4.90 Å². The van der Waals surface area contributed by atoms with E-state index in [-0.39, 0.29) is 5.91 Å². The van der Waals surface area contributed by atoms with Gasteiger partial charge in [0.25, 0.3) is 0 Å². The second-order valence-corrected chi connectivity index (χ2v) is 3.89. The Kier molecular flexibility index (Phi) is 10.5. The summed E-state index contributed by atoms with van der Waals surface area (Å²) < 4.78 is 5.31. The van der Waals surface area contributed by atoms with Crippen LogP contribution in [0.1, 0.15) is 39.5 Å². The van der Waals surface area contributed by atoms with Gasteiger partial charge in [0.2, 0.25) is 5.91 Å². The van der Waals surface area contributed by atoms with Crippen molar-refractivity contribution in [2.45, 2.75) is 39.5 Å². The van der Waals surface area contributed by atoms with E-state index in [0.29, 0.717) is 19.6 Å². The number of hydrogen-bond donors (Lipinski definition) is 1. The maximum Gasteiger partial charge on any atom is 0.224 e. The number of hydrogen-bond acceptors (Lipinski definition) is 3. The first-order chi connectivity index (χ1) is 7.76. The highest BCUT2D eigenvalue weighted by Gasteiger charge is 2.11. The van der Waals surface area contributed by atoms with E-state index in [9.17, 15) is 4.79 Å². The molecule has 16 heavy (non-hydrogen) atoms. The van der Waals surface area contributed by atoms with Crippen molar-refractivity contribution in [1.29, 1.82) is 0 Å². The minimum atomic E-state index is 0.186. The van der Waals surface area contributed by atoms with Crippen molar-refractivity contribution >= 4 is 5.91 Å². The topological polar surface area (TPSA) is 55.6 Å². The van der Waals surface area contributed by atoms with Gasteiger partial charge in [0, 0.05) is 19.7 Å². The zero-order valence-corrected chi connectivity index (χ0v) is 10.7. The summed E-state index contributed by atoms with van der Waals surface area (Å²) in [6.45, 7) is 7.66. The van der Waals surface area contributed by atoms with Crippen LogP contribution in [-0.4, -0.2) is 43.7 Å². The fraction of sp³-hybridized carbons (Fsp3) is 0.917. The van der Waals surface area contributed by atoms with Crippen molar-refractivity contribution in [3.63, 3.8) is 0 Å². The lowest BCUT2D eigenvalue weighted by Crippen LogP contribution is -2.34. The van der Waals surface area contributed by atoms with Crippen molar-refractivity contribution in [3.05, 3.63) is 0 Å². The van der Waals surface area contributed by atoms with Crippen LogP contribution < -0.4 is 5.73 Å². The van der Waals surface area contributed by atoms with Crippen LogP contribution in [0.15, 0.2) is 0 Å². The van der Waals surface area contributed by atoms with E-state index < -0.39 is 0 Å². The average molecular weight is 230 g/mol. The number of rotatable bonds is 10. The van der Waals surface area contributed by atoms with Crippen LogP contribution >= 0.6 is 0 Å². The Morgan fingerprint density at radius 2 is 1.94 bits per heavy atom. The molecule has 0 aromatic rings. The molecule has 0 radical (unpaired) electrons. The monoisotopic (exact) mass is 230 g/mol. The van der Waals surface area contributed by atoms with Crippen LogP contribution in [0.5, 0.6) is 0 Å². The Bertz CT molecular complexity index is 174. The van der Waals surface area contributed by atoms with Crippen molar-refractivity contribution in [2.24, 2.45) is 5.73 Å². The molecule has 2 N–H and O–H groups in total. The average Bonchev–Trinajstić information content (AvgIpc) is 2.29. The molecule has 0 heterocycles. The largest absolute Gasteiger partial charge is 0.381 e. The molecule has 0 aliphatic carbocycles. The molecule has 0 aliphatic rings. The van der Waals surface area contributed by atoms with Gasteiger partial charge in [0.1, 0.15) is 0 Å². The maximum absolute atomic E-state index is 11.8. The lowest BCUT2D eigenvalue weighted by atomic mass is 10.3. The summed E-state index contributed by atoms with van der Waals surface area (Å²) in [5.74, 6) is 0.186.